The Morgan fingerprint density at radius 2 is 2.10 bits per heavy atom. The summed E-state index contributed by atoms with van der Waals surface area (Å²) in [4.78, 5) is 3.57. The van der Waals surface area contributed by atoms with Gasteiger partial charge < -0.3 is 0 Å². The molecule has 106 valence electrons. The second-order valence-electron chi connectivity index (χ2n) is 3.96. The fourth-order valence-electron chi connectivity index (χ4n) is 1.51. The molecule has 0 aliphatic carbocycles. The lowest BCUT2D eigenvalue weighted by Gasteiger charge is -2.11. The van der Waals surface area contributed by atoms with Gasteiger partial charge in [0.1, 0.15) is 15.9 Å². The van der Waals surface area contributed by atoms with Crippen LogP contribution in [-0.2, 0) is 10.0 Å². The predicted octanol–water partition coefficient (Wildman–Crippen LogP) is 3.75. The van der Waals surface area contributed by atoms with Crippen molar-refractivity contribution in [3.8, 4) is 0 Å². The molecule has 2 aromatic rings. The molecule has 1 heterocycles. The summed E-state index contributed by atoms with van der Waals surface area (Å²) in [6.07, 6.45) is 1.38. The third-order valence-electron chi connectivity index (χ3n) is 2.58. The first-order chi connectivity index (χ1) is 9.31. The Bertz CT molecular complexity index is 768. The van der Waals surface area contributed by atoms with Gasteiger partial charge in [0, 0.05) is 16.2 Å². The summed E-state index contributed by atoms with van der Waals surface area (Å²) in [6, 6.07) is 5.46. The van der Waals surface area contributed by atoms with Crippen molar-refractivity contribution >= 4 is 43.2 Å². The van der Waals surface area contributed by atoms with Crippen LogP contribution in [0.2, 0.25) is 5.15 Å². The van der Waals surface area contributed by atoms with Crippen LogP contribution < -0.4 is 4.72 Å². The third kappa shape index (κ3) is 3.11. The van der Waals surface area contributed by atoms with E-state index in [0.717, 1.165) is 0 Å². The second-order valence-corrected chi connectivity index (χ2v) is 6.88. The van der Waals surface area contributed by atoms with Gasteiger partial charge in [-0.05, 0) is 41.1 Å². The number of anilines is 1. The molecule has 0 aliphatic heterocycles. The Labute approximate surface area is 129 Å². The molecule has 0 saturated heterocycles. The molecular formula is C12H9BrClFN2O2S. The van der Waals surface area contributed by atoms with E-state index >= 15 is 0 Å². The zero-order valence-corrected chi connectivity index (χ0v) is 13.4. The smallest absolute Gasteiger partial charge is 0.265 e. The maximum Gasteiger partial charge on any atom is 0.265 e. The molecule has 0 amide bonds. The van der Waals surface area contributed by atoms with Crippen molar-refractivity contribution in [2.24, 2.45) is 0 Å². The van der Waals surface area contributed by atoms with E-state index in [2.05, 4.69) is 25.6 Å². The normalized spacial score (nSPS) is 11.4. The van der Waals surface area contributed by atoms with Crippen molar-refractivity contribution in [1.29, 1.82) is 0 Å². The van der Waals surface area contributed by atoms with Gasteiger partial charge in [-0.25, -0.2) is 17.8 Å². The summed E-state index contributed by atoms with van der Waals surface area (Å²) in [5.41, 5.74) is 0.358. The molecule has 0 bridgehead atoms. The largest absolute Gasteiger partial charge is 0.279 e. The number of nitrogens with zero attached hydrogens (tertiary/aromatic N) is 1. The zero-order valence-electron chi connectivity index (χ0n) is 10.2. The molecular weight excluding hydrogens is 371 g/mol. The minimum absolute atomic E-state index is 0.154. The van der Waals surface area contributed by atoms with Crippen LogP contribution in [-0.4, -0.2) is 13.4 Å². The van der Waals surface area contributed by atoms with Crippen LogP contribution in [0.4, 0.5) is 10.1 Å². The van der Waals surface area contributed by atoms with Gasteiger partial charge in [-0.3, -0.25) is 4.72 Å². The van der Waals surface area contributed by atoms with Crippen LogP contribution in [0.25, 0.3) is 0 Å². The van der Waals surface area contributed by atoms with Gasteiger partial charge >= 0.3 is 0 Å². The summed E-state index contributed by atoms with van der Waals surface area (Å²) in [7, 11) is -3.95. The number of pyridine rings is 1. The number of nitrogens with one attached hydrogen (secondary N) is 1. The first kappa shape index (κ1) is 15.2. The van der Waals surface area contributed by atoms with Gasteiger partial charge in [0.25, 0.3) is 10.0 Å². The SMILES string of the molecule is Cc1c(F)cccc1NS(=O)(=O)c1cc(Br)cnc1Cl. The first-order valence-corrected chi connectivity index (χ1v) is 8.05. The summed E-state index contributed by atoms with van der Waals surface area (Å²) >= 11 is 8.92. The van der Waals surface area contributed by atoms with Crippen LogP contribution in [0, 0.1) is 12.7 Å². The number of rotatable bonds is 3. The highest BCUT2D eigenvalue weighted by atomic mass is 79.9. The van der Waals surface area contributed by atoms with Crippen molar-refractivity contribution in [3.63, 3.8) is 0 Å². The van der Waals surface area contributed by atoms with E-state index in [-0.39, 0.29) is 21.3 Å². The molecule has 0 spiro atoms. The molecule has 4 nitrogen and oxygen atoms in total. The molecule has 2 rings (SSSR count). The van der Waals surface area contributed by atoms with Crippen molar-refractivity contribution in [2.45, 2.75) is 11.8 Å². The molecule has 0 fully saturated rings. The zero-order chi connectivity index (χ0) is 14.9. The average molecular weight is 380 g/mol. The Kier molecular flexibility index (Phi) is 4.31. The van der Waals surface area contributed by atoms with Crippen molar-refractivity contribution in [3.05, 3.63) is 51.5 Å². The third-order valence-corrected chi connectivity index (χ3v) is 4.80. The lowest BCUT2D eigenvalue weighted by atomic mass is 10.2. The van der Waals surface area contributed by atoms with E-state index < -0.39 is 15.8 Å². The molecule has 20 heavy (non-hydrogen) atoms. The number of halogens is 3. The first-order valence-electron chi connectivity index (χ1n) is 5.40. The van der Waals surface area contributed by atoms with Gasteiger partial charge in [-0.2, -0.15) is 0 Å². The number of hydrogen-bond acceptors (Lipinski definition) is 3. The average Bonchev–Trinajstić information content (AvgIpc) is 2.37. The Morgan fingerprint density at radius 1 is 1.40 bits per heavy atom. The van der Waals surface area contributed by atoms with Gasteiger partial charge in [-0.1, -0.05) is 17.7 Å². The quantitative estimate of drug-likeness (QED) is 0.826. The van der Waals surface area contributed by atoms with Crippen LogP contribution in [0.1, 0.15) is 5.56 Å². The maximum atomic E-state index is 13.4. The monoisotopic (exact) mass is 378 g/mol. The topological polar surface area (TPSA) is 59.1 Å². The molecule has 1 aromatic heterocycles. The predicted molar refractivity (Wildman–Crippen MR) is 78.9 cm³/mol. The lowest BCUT2D eigenvalue weighted by Crippen LogP contribution is -2.15. The minimum Gasteiger partial charge on any atom is -0.279 e. The van der Waals surface area contributed by atoms with Crippen LogP contribution >= 0.6 is 27.5 Å². The highest BCUT2D eigenvalue weighted by Crippen LogP contribution is 2.26. The second kappa shape index (κ2) is 5.67. The van der Waals surface area contributed by atoms with E-state index in [0.29, 0.717) is 4.47 Å². The molecule has 0 radical (unpaired) electrons. The van der Waals surface area contributed by atoms with Crippen molar-refractivity contribution < 1.29 is 12.8 Å². The summed E-state index contributed by atoms with van der Waals surface area (Å²) in [5, 5.41) is -0.158. The van der Waals surface area contributed by atoms with Gasteiger partial charge in [0.2, 0.25) is 0 Å². The lowest BCUT2D eigenvalue weighted by molar-refractivity contribution is 0.600. The van der Waals surface area contributed by atoms with E-state index in [4.69, 9.17) is 11.6 Å². The maximum absolute atomic E-state index is 13.4. The number of aromatic nitrogens is 1. The minimum atomic E-state index is -3.95. The van der Waals surface area contributed by atoms with Crippen molar-refractivity contribution in [2.75, 3.05) is 4.72 Å². The summed E-state index contributed by atoms with van der Waals surface area (Å²) in [6.45, 7) is 1.48. The fourth-order valence-corrected chi connectivity index (χ4v) is 3.58. The van der Waals surface area contributed by atoms with Gasteiger partial charge in [-0.15, -0.1) is 0 Å². The van der Waals surface area contributed by atoms with E-state index in [1.165, 1.54) is 37.4 Å². The summed E-state index contributed by atoms with van der Waals surface area (Å²) in [5.74, 6) is -0.497. The highest BCUT2D eigenvalue weighted by Gasteiger charge is 2.20. The number of hydrogen-bond donors (Lipinski definition) is 1. The fraction of sp³-hybridized carbons (Fsp3) is 0.0833. The summed E-state index contributed by atoms with van der Waals surface area (Å²) < 4.78 is 40.7. The number of sulfonamides is 1. The van der Waals surface area contributed by atoms with Gasteiger partial charge in [0.15, 0.2) is 0 Å². The van der Waals surface area contributed by atoms with E-state index in [9.17, 15) is 12.8 Å². The molecule has 0 unspecified atom stereocenters. The van der Waals surface area contributed by atoms with Crippen molar-refractivity contribution in [1.82, 2.24) is 4.98 Å². The van der Waals surface area contributed by atoms with Crippen LogP contribution in [0.5, 0.6) is 0 Å². The standard InChI is InChI=1S/C12H9BrClFN2O2S/c1-7-9(15)3-2-4-10(7)17-20(18,19)11-5-8(13)6-16-12(11)14/h2-6,17H,1H3. The molecule has 0 saturated carbocycles. The van der Waals surface area contributed by atoms with Crippen LogP contribution in [0.15, 0.2) is 39.8 Å². The highest BCUT2D eigenvalue weighted by molar-refractivity contribution is 9.10. The van der Waals surface area contributed by atoms with E-state index in [1.807, 2.05) is 0 Å². The van der Waals surface area contributed by atoms with Gasteiger partial charge in [0.05, 0.1) is 5.69 Å². The number of benzene rings is 1. The molecule has 1 aromatic carbocycles. The molecule has 0 atom stereocenters. The Morgan fingerprint density at radius 3 is 2.80 bits per heavy atom. The van der Waals surface area contributed by atoms with E-state index in [1.54, 1.807) is 0 Å². The van der Waals surface area contributed by atoms with Crippen LogP contribution in [0.3, 0.4) is 0 Å². The Hall–Kier alpha value is -1.18. The molecule has 1 N–H and O–H groups in total. The Balaban J connectivity index is 2.46. The molecule has 8 heteroatoms. The molecule has 0 aliphatic rings.